The number of carbonyl (C=O) groups excluding carboxylic acids is 2. The number of Topliss-reactive ketones (excluding diaryl/α,β-unsaturated/α-hetero) is 1. The van der Waals surface area contributed by atoms with Gasteiger partial charge in [-0.3, -0.25) is 9.59 Å². The van der Waals surface area contributed by atoms with Crippen LogP contribution in [0.4, 0.5) is 20.2 Å². The Morgan fingerprint density at radius 2 is 1.55 bits per heavy atom. The highest BCUT2D eigenvalue weighted by molar-refractivity contribution is 6.00. The van der Waals surface area contributed by atoms with Gasteiger partial charge in [-0.25, -0.2) is 8.78 Å². The summed E-state index contributed by atoms with van der Waals surface area (Å²) in [6.07, 6.45) is 1.64. The van der Waals surface area contributed by atoms with Crippen molar-refractivity contribution in [3.63, 3.8) is 0 Å². The molecule has 0 radical (unpaired) electrons. The first-order valence-electron chi connectivity index (χ1n) is 11.0. The van der Waals surface area contributed by atoms with E-state index in [0.717, 1.165) is 12.5 Å². The molecule has 0 spiro atoms. The summed E-state index contributed by atoms with van der Waals surface area (Å²) in [6, 6.07) is 22.6. The highest BCUT2D eigenvalue weighted by Crippen LogP contribution is 2.49. The maximum atomic E-state index is 13.8. The highest BCUT2D eigenvalue weighted by Gasteiger charge is 2.50. The Morgan fingerprint density at radius 3 is 2.18 bits per heavy atom. The summed E-state index contributed by atoms with van der Waals surface area (Å²) in [5.74, 6) is -3.07. The maximum Gasteiger partial charge on any atom is 0.272 e. The van der Waals surface area contributed by atoms with Gasteiger partial charge in [0.15, 0.2) is 5.78 Å². The summed E-state index contributed by atoms with van der Waals surface area (Å²) in [6.45, 7) is 1.21. The van der Waals surface area contributed by atoms with Gasteiger partial charge < -0.3 is 10.6 Å². The molecule has 1 aliphatic carbocycles. The SMILES string of the molecule is CC(F)(F)c1ccccc1Nc1ccc(CNC(=O)C2(CC(=O)c3ccccc3)CC2)cc1. The van der Waals surface area contributed by atoms with E-state index in [0.29, 0.717) is 36.3 Å². The van der Waals surface area contributed by atoms with Crippen LogP contribution in [-0.4, -0.2) is 11.7 Å². The summed E-state index contributed by atoms with van der Waals surface area (Å²) in [5.41, 5.74) is 1.86. The number of amides is 1. The second-order valence-electron chi connectivity index (χ2n) is 8.68. The predicted octanol–water partition coefficient (Wildman–Crippen LogP) is 6.21. The van der Waals surface area contributed by atoms with Crippen molar-refractivity contribution in [1.29, 1.82) is 0 Å². The number of carbonyl (C=O) groups is 2. The standard InChI is InChI=1S/C27H26F2N2O2/c1-26(28,29)22-9-5-6-10-23(22)31-21-13-11-19(12-14-21)18-30-25(33)27(15-16-27)17-24(32)20-7-3-2-4-8-20/h2-14,31H,15-18H2,1H3,(H,30,33). The zero-order chi connectivity index (χ0) is 23.5. The average molecular weight is 449 g/mol. The van der Waals surface area contributed by atoms with Gasteiger partial charge in [0.25, 0.3) is 5.92 Å². The van der Waals surface area contributed by atoms with Gasteiger partial charge in [0.2, 0.25) is 5.91 Å². The molecule has 6 heteroatoms. The van der Waals surface area contributed by atoms with Crippen LogP contribution in [0.15, 0.2) is 78.9 Å². The molecular formula is C27H26F2N2O2. The fraction of sp³-hybridized carbons (Fsp3) is 0.259. The number of alkyl halides is 2. The minimum Gasteiger partial charge on any atom is -0.355 e. The molecule has 0 heterocycles. The molecular weight excluding hydrogens is 422 g/mol. The number of nitrogens with one attached hydrogen (secondary N) is 2. The van der Waals surface area contributed by atoms with Crippen molar-refractivity contribution in [2.45, 2.75) is 38.7 Å². The maximum absolute atomic E-state index is 13.8. The van der Waals surface area contributed by atoms with Crippen LogP contribution in [0.1, 0.15) is 47.7 Å². The minimum atomic E-state index is -2.95. The summed E-state index contributed by atoms with van der Waals surface area (Å²) >= 11 is 0. The lowest BCUT2D eigenvalue weighted by atomic mass is 9.94. The van der Waals surface area contributed by atoms with Gasteiger partial charge in [-0.05, 0) is 36.6 Å². The van der Waals surface area contributed by atoms with Gasteiger partial charge in [0.05, 0.1) is 5.41 Å². The summed E-state index contributed by atoms with van der Waals surface area (Å²) in [4.78, 5) is 25.3. The molecule has 1 fully saturated rings. The van der Waals surface area contributed by atoms with Crippen molar-refractivity contribution in [2.24, 2.45) is 5.41 Å². The normalized spacial score (nSPS) is 14.4. The third-order valence-corrected chi connectivity index (χ3v) is 6.02. The molecule has 4 nitrogen and oxygen atoms in total. The summed E-state index contributed by atoms with van der Waals surface area (Å²) in [7, 11) is 0. The molecule has 1 aliphatic rings. The molecule has 0 aromatic heterocycles. The third kappa shape index (κ3) is 5.45. The molecule has 1 amide bonds. The third-order valence-electron chi connectivity index (χ3n) is 6.02. The van der Waals surface area contributed by atoms with Crippen LogP contribution in [0.3, 0.4) is 0 Å². The summed E-state index contributed by atoms with van der Waals surface area (Å²) < 4.78 is 27.7. The van der Waals surface area contributed by atoms with Crippen molar-refractivity contribution in [1.82, 2.24) is 5.32 Å². The number of ketones is 1. The van der Waals surface area contributed by atoms with Gasteiger partial charge in [-0.15, -0.1) is 0 Å². The second-order valence-corrected chi connectivity index (χ2v) is 8.68. The Labute approximate surface area is 192 Å². The van der Waals surface area contributed by atoms with E-state index in [1.807, 2.05) is 30.3 Å². The molecule has 2 N–H and O–H groups in total. The fourth-order valence-corrected chi connectivity index (χ4v) is 3.87. The monoisotopic (exact) mass is 448 g/mol. The molecule has 0 atom stereocenters. The Bertz CT molecular complexity index is 1130. The first kappa shape index (κ1) is 22.6. The second kappa shape index (κ2) is 9.14. The zero-order valence-corrected chi connectivity index (χ0v) is 18.4. The van der Waals surface area contributed by atoms with E-state index in [1.54, 1.807) is 42.5 Å². The van der Waals surface area contributed by atoms with E-state index in [9.17, 15) is 18.4 Å². The van der Waals surface area contributed by atoms with Gasteiger partial charge in [0, 0.05) is 42.4 Å². The fourth-order valence-electron chi connectivity index (χ4n) is 3.87. The van der Waals surface area contributed by atoms with Crippen molar-refractivity contribution < 1.29 is 18.4 Å². The van der Waals surface area contributed by atoms with Crippen LogP contribution in [0.5, 0.6) is 0 Å². The van der Waals surface area contributed by atoms with E-state index < -0.39 is 11.3 Å². The largest absolute Gasteiger partial charge is 0.355 e. The number of halogens is 2. The van der Waals surface area contributed by atoms with Crippen LogP contribution in [0, 0.1) is 5.41 Å². The number of hydrogen-bond acceptors (Lipinski definition) is 3. The zero-order valence-electron chi connectivity index (χ0n) is 18.4. The molecule has 0 aliphatic heterocycles. The molecule has 0 saturated heterocycles. The minimum absolute atomic E-state index is 0.0170. The van der Waals surface area contributed by atoms with Gasteiger partial charge in [-0.1, -0.05) is 60.7 Å². The van der Waals surface area contributed by atoms with E-state index >= 15 is 0 Å². The van der Waals surface area contributed by atoms with Crippen LogP contribution in [0.25, 0.3) is 0 Å². The first-order chi connectivity index (χ1) is 15.8. The van der Waals surface area contributed by atoms with Crippen LogP contribution >= 0.6 is 0 Å². The molecule has 0 bridgehead atoms. The van der Waals surface area contributed by atoms with Crippen LogP contribution in [-0.2, 0) is 17.3 Å². The molecule has 1 saturated carbocycles. The number of anilines is 2. The van der Waals surface area contributed by atoms with Crippen molar-refractivity contribution in [3.05, 3.63) is 95.6 Å². The number of hydrogen-bond donors (Lipinski definition) is 2. The summed E-state index contributed by atoms with van der Waals surface area (Å²) in [5, 5.41) is 5.98. The van der Waals surface area contributed by atoms with Crippen LogP contribution in [0.2, 0.25) is 0 Å². The van der Waals surface area contributed by atoms with E-state index in [-0.39, 0.29) is 23.7 Å². The number of para-hydroxylation sites is 1. The van der Waals surface area contributed by atoms with E-state index in [4.69, 9.17) is 0 Å². The highest BCUT2D eigenvalue weighted by atomic mass is 19.3. The number of benzene rings is 3. The number of rotatable bonds is 9. The Kier molecular flexibility index (Phi) is 6.27. The van der Waals surface area contributed by atoms with Crippen molar-refractivity contribution in [3.8, 4) is 0 Å². The Balaban J connectivity index is 1.34. The molecule has 3 aromatic rings. The Morgan fingerprint density at radius 1 is 0.909 bits per heavy atom. The molecule has 33 heavy (non-hydrogen) atoms. The van der Waals surface area contributed by atoms with Crippen molar-refractivity contribution in [2.75, 3.05) is 5.32 Å². The smallest absolute Gasteiger partial charge is 0.272 e. The lowest BCUT2D eigenvalue weighted by Crippen LogP contribution is -2.33. The van der Waals surface area contributed by atoms with E-state index in [1.165, 1.54) is 6.07 Å². The van der Waals surface area contributed by atoms with Crippen molar-refractivity contribution >= 4 is 23.1 Å². The van der Waals surface area contributed by atoms with E-state index in [2.05, 4.69) is 10.6 Å². The quantitative estimate of drug-likeness (QED) is 0.383. The Hall–Kier alpha value is -3.54. The predicted molar refractivity (Wildman–Crippen MR) is 125 cm³/mol. The first-order valence-corrected chi connectivity index (χ1v) is 11.0. The molecule has 3 aromatic carbocycles. The van der Waals surface area contributed by atoms with Gasteiger partial charge in [-0.2, -0.15) is 0 Å². The van der Waals surface area contributed by atoms with Gasteiger partial charge in [0.1, 0.15) is 0 Å². The van der Waals surface area contributed by atoms with Crippen LogP contribution < -0.4 is 10.6 Å². The average Bonchev–Trinajstić information content (AvgIpc) is 3.59. The molecule has 170 valence electrons. The topological polar surface area (TPSA) is 58.2 Å². The molecule has 0 unspecified atom stereocenters. The molecule has 4 rings (SSSR count). The van der Waals surface area contributed by atoms with Gasteiger partial charge >= 0.3 is 0 Å². The lowest BCUT2D eigenvalue weighted by Gasteiger charge is -2.17. The lowest BCUT2D eigenvalue weighted by molar-refractivity contribution is -0.126.